The average molecular weight is 244 g/mol. The summed E-state index contributed by atoms with van der Waals surface area (Å²) in [6.45, 7) is 1.98. The fourth-order valence-corrected chi connectivity index (χ4v) is 1.95. The van der Waals surface area contributed by atoms with Gasteiger partial charge in [-0.2, -0.15) is 13.2 Å². The van der Waals surface area contributed by atoms with Crippen LogP contribution in [0.4, 0.5) is 13.2 Å². The number of fused-ring (bicyclic) bond motifs is 1. The van der Waals surface area contributed by atoms with E-state index in [-0.39, 0.29) is 12.6 Å². The van der Waals surface area contributed by atoms with Gasteiger partial charge in [0.25, 0.3) is 0 Å². The van der Waals surface area contributed by atoms with Gasteiger partial charge in [0.1, 0.15) is 0 Å². The summed E-state index contributed by atoms with van der Waals surface area (Å²) in [6.07, 6.45) is -4.00. The van der Waals surface area contributed by atoms with E-state index in [0.29, 0.717) is 17.5 Å². The van der Waals surface area contributed by atoms with E-state index in [1.54, 1.807) is 6.92 Å². The van der Waals surface area contributed by atoms with Gasteiger partial charge < -0.3 is 4.74 Å². The van der Waals surface area contributed by atoms with E-state index in [9.17, 15) is 18.0 Å². The summed E-state index contributed by atoms with van der Waals surface area (Å²) >= 11 is 0. The van der Waals surface area contributed by atoms with E-state index in [4.69, 9.17) is 4.74 Å². The first kappa shape index (κ1) is 12.0. The summed E-state index contributed by atoms with van der Waals surface area (Å²) in [6, 6.07) is 3.47. The maximum Gasteiger partial charge on any atom is 0.416 e. The van der Waals surface area contributed by atoms with Gasteiger partial charge in [-0.25, -0.2) is 0 Å². The third-order valence-electron chi connectivity index (χ3n) is 2.84. The van der Waals surface area contributed by atoms with Crippen LogP contribution in [0.2, 0.25) is 0 Å². The monoisotopic (exact) mass is 244 g/mol. The molecule has 0 radical (unpaired) electrons. The fraction of sp³-hybridized carbons (Fsp3) is 0.417. The van der Waals surface area contributed by atoms with Crippen LogP contribution in [0, 0.1) is 0 Å². The Morgan fingerprint density at radius 3 is 2.71 bits per heavy atom. The predicted octanol–water partition coefficient (Wildman–Crippen LogP) is 2.91. The quantitative estimate of drug-likeness (QED) is 0.748. The molecule has 0 fully saturated rings. The lowest BCUT2D eigenvalue weighted by atomic mass is 9.77. The van der Waals surface area contributed by atoms with Gasteiger partial charge in [0.05, 0.1) is 18.1 Å². The van der Waals surface area contributed by atoms with E-state index >= 15 is 0 Å². The van der Waals surface area contributed by atoms with Crippen molar-refractivity contribution in [2.45, 2.75) is 25.4 Å². The highest BCUT2D eigenvalue weighted by Crippen LogP contribution is 2.39. The number of alkyl halides is 3. The minimum Gasteiger partial charge on any atom is -0.466 e. The van der Waals surface area contributed by atoms with E-state index in [2.05, 4.69) is 0 Å². The molecule has 1 aliphatic carbocycles. The highest BCUT2D eigenvalue weighted by molar-refractivity contribution is 5.82. The van der Waals surface area contributed by atoms with Crippen LogP contribution in [-0.2, 0) is 22.1 Å². The molecule has 1 unspecified atom stereocenters. The predicted molar refractivity (Wildman–Crippen MR) is 54.5 cm³/mol. The molecule has 0 N–H and O–H groups in total. The summed E-state index contributed by atoms with van der Waals surface area (Å²) in [5.41, 5.74) is 0.563. The maximum absolute atomic E-state index is 12.4. The lowest BCUT2D eigenvalue weighted by molar-refractivity contribution is -0.145. The van der Waals surface area contributed by atoms with Crippen molar-refractivity contribution >= 4 is 5.97 Å². The largest absolute Gasteiger partial charge is 0.466 e. The van der Waals surface area contributed by atoms with E-state index < -0.39 is 17.7 Å². The molecule has 92 valence electrons. The van der Waals surface area contributed by atoms with Crippen molar-refractivity contribution in [3.8, 4) is 0 Å². The van der Waals surface area contributed by atoms with Crippen molar-refractivity contribution < 1.29 is 22.7 Å². The van der Waals surface area contributed by atoms with Crippen molar-refractivity contribution in [3.63, 3.8) is 0 Å². The Balaban J connectivity index is 2.19. The number of rotatable bonds is 2. The molecule has 1 aliphatic rings. The molecule has 0 spiro atoms. The molecule has 17 heavy (non-hydrogen) atoms. The smallest absolute Gasteiger partial charge is 0.416 e. The van der Waals surface area contributed by atoms with E-state index in [1.807, 2.05) is 0 Å². The molecule has 0 bridgehead atoms. The molecule has 5 heteroatoms. The third-order valence-corrected chi connectivity index (χ3v) is 2.84. The number of halogens is 3. The Morgan fingerprint density at radius 2 is 2.18 bits per heavy atom. The second kappa shape index (κ2) is 4.05. The number of hydrogen-bond acceptors (Lipinski definition) is 2. The lowest BCUT2D eigenvalue weighted by Crippen LogP contribution is -2.27. The second-order valence-electron chi connectivity index (χ2n) is 3.92. The highest BCUT2D eigenvalue weighted by Gasteiger charge is 2.37. The van der Waals surface area contributed by atoms with Crippen LogP contribution >= 0.6 is 0 Å². The molecule has 0 heterocycles. The standard InChI is InChI=1S/C12H11F3O2/c1-2-17-11(16)10-6-7-5-8(12(13,14)15)3-4-9(7)10/h3-5,10H,2,6H2,1H3. The zero-order valence-electron chi connectivity index (χ0n) is 9.17. The molecule has 0 aliphatic heterocycles. The molecular formula is C12H11F3O2. The number of esters is 1. The van der Waals surface area contributed by atoms with Crippen molar-refractivity contribution in [2.75, 3.05) is 6.61 Å². The number of hydrogen-bond donors (Lipinski definition) is 0. The minimum atomic E-state index is -4.33. The van der Waals surface area contributed by atoms with Gasteiger partial charge >= 0.3 is 12.1 Å². The van der Waals surface area contributed by atoms with Gasteiger partial charge in [0.15, 0.2) is 0 Å². The third kappa shape index (κ3) is 2.14. The van der Waals surface area contributed by atoms with Gasteiger partial charge in [-0.1, -0.05) is 6.07 Å². The SMILES string of the molecule is CCOC(=O)C1Cc2cc(C(F)(F)F)ccc21. The molecule has 0 saturated carbocycles. The number of benzene rings is 1. The Kier molecular flexibility index (Phi) is 2.85. The van der Waals surface area contributed by atoms with Crippen LogP contribution in [0.15, 0.2) is 18.2 Å². The molecular weight excluding hydrogens is 233 g/mol. The second-order valence-corrected chi connectivity index (χ2v) is 3.92. The summed E-state index contributed by atoms with van der Waals surface area (Å²) < 4.78 is 42.1. The van der Waals surface area contributed by atoms with Gasteiger partial charge in [-0.15, -0.1) is 0 Å². The first-order valence-electron chi connectivity index (χ1n) is 5.30. The Morgan fingerprint density at radius 1 is 1.47 bits per heavy atom. The average Bonchev–Trinajstić information content (AvgIpc) is 2.18. The summed E-state index contributed by atoms with van der Waals surface area (Å²) in [7, 11) is 0. The normalized spacial score (nSPS) is 18.2. The highest BCUT2D eigenvalue weighted by atomic mass is 19.4. The fourth-order valence-electron chi connectivity index (χ4n) is 1.95. The van der Waals surface area contributed by atoms with E-state index in [0.717, 1.165) is 12.1 Å². The first-order valence-corrected chi connectivity index (χ1v) is 5.30. The zero-order chi connectivity index (χ0) is 12.6. The molecule has 0 amide bonds. The van der Waals surface area contributed by atoms with Gasteiger partial charge in [0, 0.05) is 0 Å². The molecule has 1 aromatic carbocycles. The summed E-state index contributed by atoms with van der Waals surface area (Å²) in [4.78, 5) is 11.4. The zero-order valence-corrected chi connectivity index (χ0v) is 9.17. The number of carbonyl (C=O) groups excluding carboxylic acids is 1. The number of carbonyl (C=O) groups is 1. The molecule has 2 rings (SSSR count). The molecule has 1 atom stereocenters. The molecule has 0 saturated heterocycles. The Hall–Kier alpha value is -1.52. The van der Waals surface area contributed by atoms with E-state index in [1.165, 1.54) is 6.07 Å². The van der Waals surface area contributed by atoms with Crippen molar-refractivity contribution in [2.24, 2.45) is 0 Å². The van der Waals surface area contributed by atoms with Crippen LogP contribution in [0.25, 0.3) is 0 Å². The number of ether oxygens (including phenoxy) is 1. The van der Waals surface area contributed by atoms with Crippen LogP contribution < -0.4 is 0 Å². The summed E-state index contributed by atoms with van der Waals surface area (Å²) in [5.74, 6) is -0.757. The van der Waals surface area contributed by atoms with Crippen molar-refractivity contribution in [1.29, 1.82) is 0 Å². The van der Waals surface area contributed by atoms with Crippen molar-refractivity contribution in [3.05, 3.63) is 34.9 Å². The van der Waals surface area contributed by atoms with Crippen molar-refractivity contribution in [1.82, 2.24) is 0 Å². The molecule has 1 aromatic rings. The van der Waals surface area contributed by atoms with Crippen LogP contribution in [-0.4, -0.2) is 12.6 Å². The van der Waals surface area contributed by atoms with Gasteiger partial charge in [0.2, 0.25) is 0 Å². The molecule has 2 nitrogen and oxygen atoms in total. The van der Waals surface area contributed by atoms with Gasteiger partial charge in [-0.05, 0) is 36.6 Å². The van der Waals surface area contributed by atoms with Crippen LogP contribution in [0.1, 0.15) is 29.5 Å². The van der Waals surface area contributed by atoms with Crippen LogP contribution in [0.3, 0.4) is 0 Å². The van der Waals surface area contributed by atoms with Crippen LogP contribution in [0.5, 0.6) is 0 Å². The molecule has 0 aromatic heterocycles. The lowest BCUT2D eigenvalue weighted by Gasteiger charge is -2.29. The maximum atomic E-state index is 12.4. The first-order chi connectivity index (χ1) is 7.93. The van der Waals surface area contributed by atoms with Gasteiger partial charge in [-0.3, -0.25) is 4.79 Å². The summed E-state index contributed by atoms with van der Waals surface area (Å²) in [5, 5.41) is 0. The Labute approximate surface area is 96.4 Å². The Bertz CT molecular complexity index is 452. The minimum absolute atomic E-state index is 0.283. The topological polar surface area (TPSA) is 26.3 Å².